The monoisotopic (exact) mass is 425 g/mol. The first kappa shape index (κ1) is 21.6. The van der Waals surface area contributed by atoms with Crippen LogP contribution in [0.5, 0.6) is 0 Å². The quantitative estimate of drug-likeness (QED) is 0.630. The van der Waals surface area contributed by atoms with Crippen molar-refractivity contribution < 1.29 is 19.4 Å². The van der Waals surface area contributed by atoms with Crippen LogP contribution in [0.15, 0.2) is 18.2 Å². The molecule has 2 aromatic heterocycles. The van der Waals surface area contributed by atoms with E-state index in [1.807, 2.05) is 31.6 Å². The number of hydrogen-bond donors (Lipinski definition) is 1. The van der Waals surface area contributed by atoms with E-state index in [1.165, 1.54) is 0 Å². The van der Waals surface area contributed by atoms with E-state index in [1.54, 1.807) is 0 Å². The Labute approximate surface area is 182 Å². The normalized spacial score (nSPS) is 14.3. The molecule has 0 fully saturated rings. The predicted molar refractivity (Wildman–Crippen MR) is 119 cm³/mol. The highest BCUT2D eigenvalue weighted by atomic mass is 16.5. The van der Waals surface area contributed by atoms with Crippen LogP contribution < -0.4 is 0 Å². The third kappa shape index (κ3) is 3.88. The van der Waals surface area contributed by atoms with Crippen LogP contribution in [0.3, 0.4) is 0 Å². The van der Waals surface area contributed by atoms with E-state index < -0.39 is 0 Å². The lowest BCUT2D eigenvalue weighted by atomic mass is 9.98. The number of aliphatic hydroxyl groups excluding tert-OH is 1. The van der Waals surface area contributed by atoms with E-state index in [9.17, 15) is 9.90 Å². The molecule has 166 valence electrons. The minimum absolute atomic E-state index is 0.0812. The predicted octanol–water partition coefficient (Wildman–Crippen LogP) is 3.76. The Morgan fingerprint density at radius 2 is 2.16 bits per heavy atom. The van der Waals surface area contributed by atoms with Gasteiger partial charge in [-0.15, -0.1) is 0 Å². The van der Waals surface area contributed by atoms with Crippen molar-refractivity contribution in [1.82, 2.24) is 14.3 Å². The van der Waals surface area contributed by atoms with Gasteiger partial charge in [-0.05, 0) is 45.1 Å². The van der Waals surface area contributed by atoms with Crippen molar-refractivity contribution >= 4 is 16.9 Å². The molecule has 3 aromatic rings. The lowest BCUT2D eigenvalue weighted by molar-refractivity contribution is 0.0512. The van der Waals surface area contributed by atoms with Crippen LogP contribution in [0.2, 0.25) is 0 Å². The third-order valence-corrected chi connectivity index (χ3v) is 6.01. The van der Waals surface area contributed by atoms with Gasteiger partial charge in [-0.25, -0.2) is 4.79 Å². The van der Waals surface area contributed by atoms with Crippen molar-refractivity contribution in [2.45, 2.75) is 52.7 Å². The molecule has 1 aliphatic rings. The summed E-state index contributed by atoms with van der Waals surface area (Å²) in [5.74, 6) is -0.299. The summed E-state index contributed by atoms with van der Waals surface area (Å²) in [5.41, 5.74) is 6.71. The molecule has 7 nitrogen and oxygen atoms in total. The largest absolute Gasteiger partial charge is 0.461 e. The number of carbonyl (C=O) groups excluding carboxylic acids is 1. The highest BCUT2D eigenvalue weighted by molar-refractivity contribution is 6.04. The van der Waals surface area contributed by atoms with Gasteiger partial charge < -0.3 is 19.1 Å². The summed E-state index contributed by atoms with van der Waals surface area (Å²) in [6.07, 6.45) is 3.03. The number of hydrogen-bond acceptors (Lipinski definition) is 5. The van der Waals surface area contributed by atoms with E-state index in [0.29, 0.717) is 44.9 Å². The molecule has 1 aromatic carbocycles. The van der Waals surface area contributed by atoms with Gasteiger partial charge in [0.2, 0.25) is 0 Å². The average Bonchev–Trinajstić information content (AvgIpc) is 3.20. The van der Waals surface area contributed by atoms with Crippen LogP contribution in [0.25, 0.3) is 22.0 Å². The van der Waals surface area contributed by atoms with Crippen LogP contribution in [0.1, 0.15) is 53.6 Å². The number of para-hydroxylation sites is 1. The highest BCUT2D eigenvalue weighted by Crippen LogP contribution is 2.38. The lowest BCUT2D eigenvalue weighted by Gasteiger charge is -2.13. The van der Waals surface area contributed by atoms with Gasteiger partial charge in [-0.1, -0.05) is 18.2 Å². The van der Waals surface area contributed by atoms with Gasteiger partial charge in [0.05, 0.1) is 30.1 Å². The maximum atomic E-state index is 13.1. The van der Waals surface area contributed by atoms with Gasteiger partial charge in [0, 0.05) is 43.3 Å². The number of aromatic nitrogens is 3. The number of carbonyl (C=O) groups is 1. The first-order chi connectivity index (χ1) is 15.1. The van der Waals surface area contributed by atoms with Crippen molar-refractivity contribution in [3.05, 3.63) is 40.8 Å². The zero-order valence-electron chi connectivity index (χ0n) is 18.6. The second-order valence-corrected chi connectivity index (χ2v) is 8.02. The molecule has 0 saturated heterocycles. The first-order valence-corrected chi connectivity index (χ1v) is 11.1. The summed E-state index contributed by atoms with van der Waals surface area (Å²) < 4.78 is 15.5. The van der Waals surface area contributed by atoms with Gasteiger partial charge in [0.15, 0.2) is 0 Å². The van der Waals surface area contributed by atoms with Crippen molar-refractivity contribution in [1.29, 1.82) is 0 Å². The standard InChI is InChI=1S/C24H31N3O4/c1-4-31-24(29)23-18(11-8-13-28)17-9-7-10-19-21-16(2)25-26(3)20(21)15-30-14-6-5-12-27(23)22(17)19/h7,9-10,28H,4-6,8,11-15H2,1-3H3. The molecule has 0 spiro atoms. The molecule has 1 N–H and O–H groups in total. The zero-order valence-corrected chi connectivity index (χ0v) is 18.6. The van der Waals surface area contributed by atoms with Gasteiger partial charge in [-0.3, -0.25) is 4.68 Å². The van der Waals surface area contributed by atoms with Crippen LogP contribution in [-0.4, -0.2) is 45.2 Å². The average molecular weight is 426 g/mol. The summed E-state index contributed by atoms with van der Waals surface area (Å²) in [6.45, 7) is 6.13. The van der Waals surface area contributed by atoms with Crippen molar-refractivity contribution in [3.8, 4) is 11.1 Å². The van der Waals surface area contributed by atoms with E-state index in [2.05, 4.69) is 21.8 Å². The molecule has 7 heteroatoms. The number of benzene rings is 1. The van der Waals surface area contributed by atoms with Crippen molar-refractivity contribution in [3.63, 3.8) is 0 Å². The van der Waals surface area contributed by atoms with Crippen molar-refractivity contribution in [2.75, 3.05) is 19.8 Å². The fraction of sp³-hybridized carbons (Fsp3) is 0.500. The van der Waals surface area contributed by atoms with Crippen LogP contribution in [0.4, 0.5) is 0 Å². The number of fused-ring (bicyclic) bond motifs is 2. The Kier molecular flexibility index (Phi) is 6.43. The minimum atomic E-state index is -0.299. The lowest BCUT2D eigenvalue weighted by Crippen LogP contribution is -2.15. The molecule has 0 aliphatic carbocycles. The van der Waals surface area contributed by atoms with Crippen molar-refractivity contribution in [2.24, 2.45) is 7.05 Å². The Morgan fingerprint density at radius 1 is 1.32 bits per heavy atom. The maximum absolute atomic E-state index is 13.1. The molecular weight excluding hydrogens is 394 g/mol. The summed E-state index contributed by atoms with van der Waals surface area (Å²) in [4.78, 5) is 13.1. The minimum Gasteiger partial charge on any atom is -0.461 e. The summed E-state index contributed by atoms with van der Waals surface area (Å²) in [7, 11) is 1.95. The molecule has 1 aliphatic heterocycles. The fourth-order valence-corrected chi connectivity index (χ4v) is 4.71. The molecule has 0 unspecified atom stereocenters. The first-order valence-electron chi connectivity index (χ1n) is 11.1. The third-order valence-electron chi connectivity index (χ3n) is 6.01. The molecule has 0 atom stereocenters. The molecular formula is C24H31N3O4. The van der Waals surface area contributed by atoms with Gasteiger partial charge >= 0.3 is 5.97 Å². The van der Waals surface area contributed by atoms with Crippen LogP contribution in [0, 0.1) is 6.92 Å². The van der Waals surface area contributed by atoms with Gasteiger partial charge in [0.25, 0.3) is 0 Å². The van der Waals surface area contributed by atoms with E-state index in [-0.39, 0.29) is 12.6 Å². The number of aliphatic hydroxyl groups is 1. The van der Waals surface area contributed by atoms with E-state index in [4.69, 9.17) is 9.47 Å². The highest BCUT2D eigenvalue weighted by Gasteiger charge is 2.27. The molecule has 3 heterocycles. The fourth-order valence-electron chi connectivity index (χ4n) is 4.71. The van der Waals surface area contributed by atoms with Gasteiger partial charge in [0.1, 0.15) is 5.69 Å². The van der Waals surface area contributed by atoms with Crippen LogP contribution >= 0.6 is 0 Å². The Hall–Kier alpha value is -2.64. The molecule has 0 radical (unpaired) electrons. The van der Waals surface area contributed by atoms with Gasteiger partial charge in [-0.2, -0.15) is 5.10 Å². The zero-order chi connectivity index (χ0) is 22.0. The summed E-state index contributed by atoms with van der Waals surface area (Å²) >= 11 is 0. The molecule has 0 amide bonds. The Balaban J connectivity index is 2.07. The number of esters is 1. The second-order valence-electron chi connectivity index (χ2n) is 8.02. The topological polar surface area (TPSA) is 78.5 Å². The van der Waals surface area contributed by atoms with E-state index >= 15 is 0 Å². The summed E-state index contributed by atoms with van der Waals surface area (Å²) in [6, 6.07) is 6.22. The Morgan fingerprint density at radius 3 is 2.94 bits per heavy atom. The molecule has 4 rings (SSSR count). The molecule has 0 bridgehead atoms. The smallest absolute Gasteiger partial charge is 0.355 e. The number of aryl methyl sites for hydroxylation is 4. The number of ether oxygens (including phenoxy) is 2. The molecule has 0 saturated carbocycles. The number of rotatable bonds is 5. The van der Waals surface area contributed by atoms with Crippen LogP contribution in [-0.2, 0) is 36.1 Å². The second kappa shape index (κ2) is 9.24. The maximum Gasteiger partial charge on any atom is 0.355 e. The summed E-state index contributed by atoms with van der Waals surface area (Å²) in [5, 5.41) is 15.2. The Bertz CT molecular complexity index is 1100. The number of nitrogens with zero attached hydrogens (tertiary/aromatic N) is 3. The molecule has 31 heavy (non-hydrogen) atoms. The SMILES string of the molecule is CCOC(=O)c1c(CCCO)c2cccc3c2n1CCCCOCc1c-3c(C)nn1C. The van der Waals surface area contributed by atoms with E-state index in [0.717, 1.165) is 51.8 Å².